The number of amides is 2. The van der Waals surface area contributed by atoms with E-state index in [0.29, 0.717) is 25.2 Å². The van der Waals surface area contributed by atoms with Crippen molar-refractivity contribution in [1.82, 2.24) is 10.2 Å². The van der Waals surface area contributed by atoms with Crippen molar-refractivity contribution in [3.8, 4) is 0 Å². The van der Waals surface area contributed by atoms with Gasteiger partial charge in [0.2, 0.25) is 5.91 Å². The number of unbranched alkanes of at least 4 members (excludes halogenated alkanes) is 1. The predicted octanol–water partition coefficient (Wildman–Crippen LogP) is 3.60. The van der Waals surface area contributed by atoms with E-state index >= 15 is 0 Å². The molecule has 1 N–H and O–H groups in total. The van der Waals surface area contributed by atoms with Gasteiger partial charge in [-0.2, -0.15) is 0 Å². The average molecular weight is 368 g/mol. The Labute approximate surface area is 159 Å². The molecule has 5 heteroatoms. The molecular weight excluding hydrogens is 343 g/mol. The second kappa shape index (κ2) is 8.80. The van der Waals surface area contributed by atoms with Gasteiger partial charge in [0, 0.05) is 31.1 Å². The number of carbonyl (C=O) groups excluding carboxylic acids is 2. The molecule has 0 unspecified atom stereocenters. The van der Waals surface area contributed by atoms with Crippen LogP contribution in [0.15, 0.2) is 54.6 Å². The first-order valence-electron chi connectivity index (χ1n) is 9.47. The molecule has 0 aliphatic carbocycles. The van der Waals surface area contributed by atoms with E-state index < -0.39 is 0 Å². The molecule has 2 amide bonds. The van der Waals surface area contributed by atoms with Gasteiger partial charge in [0.15, 0.2) is 0 Å². The Morgan fingerprint density at radius 2 is 1.78 bits per heavy atom. The summed E-state index contributed by atoms with van der Waals surface area (Å²) in [7, 11) is 0. The van der Waals surface area contributed by atoms with Crippen molar-refractivity contribution in [1.29, 1.82) is 0 Å². The van der Waals surface area contributed by atoms with Crippen LogP contribution in [0.25, 0.3) is 0 Å². The van der Waals surface area contributed by atoms with Crippen LogP contribution in [0.2, 0.25) is 0 Å². The number of nitrogens with one attached hydrogen (secondary N) is 1. The van der Waals surface area contributed by atoms with E-state index in [1.54, 1.807) is 29.2 Å². The van der Waals surface area contributed by atoms with E-state index in [-0.39, 0.29) is 29.5 Å². The van der Waals surface area contributed by atoms with E-state index in [2.05, 4.69) is 12.2 Å². The summed E-state index contributed by atoms with van der Waals surface area (Å²) in [5, 5.41) is 2.98. The lowest BCUT2D eigenvalue weighted by molar-refractivity contribution is -0.124. The van der Waals surface area contributed by atoms with Crippen LogP contribution in [0.1, 0.15) is 41.6 Å². The van der Waals surface area contributed by atoms with Gasteiger partial charge in [0.25, 0.3) is 5.91 Å². The third kappa shape index (κ3) is 4.54. The fourth-order valence-electron chi connectivity index (χ4n) is 3.57. The van der Waals surface area contributed by atoms with Crippen molar-refractivity contribution in [3.63, 3.8) is 0 Å². The monoisotopic (exact) mass is 368 g/mol. The quantitative estimate of drug-likeness (QED) is 0.792. The fourth-order valence-corrected chi connectivity index (χ4v) is 3.57. The molecule has 2 aromatic rings. The molecule has 4 nitrogen and oxygen atoms in total. The van der Waals surface area contributed by atoms with Crippen molar-refractivity contribution >= 4 is 11.8 Å². The maximum atomic E-state index is 13.3. The normalized spacial score (nSPS) is 19.1. The molecule has 1 fully saturated rings. The Hall–Kier alpha value is -2.69. The summed E-state index contributed by atoms with van der Waals surface area (Å²) in [5.41, 5.74) is 1.50. The predicted molar refractivity (Wildman–Crippen MR) is 103 cm³/mol. The van der Waals surface area contributed by atoms with Crippen LogP contribution < -0.4 is 5.32 Å². The minimum Gasteiger partial charge on any atom is -0.356 e. The zero-order valence-corrected chi connectivity index (χ0v) is 15.5. The van der Waals surface area contributed by atoms with Crippen LogP contribution in [-0.2, 0) is 4.79 Å². The lowest BCUT2D eigenvalue weighted by Crippen LogP contribution is -2.36. The largest absolute Gasteiger partial charge is 0.356 e. The molecule has 0 spiro atoms. The van der Waals surface area contributed by atoms with Gasteiger partial charge in [-0.3, -0.25) is 9.59 Å². The van der Waals surface area contributed by atoms with Crippen LogP contribution in [0, 0.1) is 11.7 Å². The van der Waals surface area contributed by atoms with Gasteiger partial charge in [-0.1, -0.05) is 43.7 Å². The lowest BCUT2D eigenvalue weighted by atomic mass is 9.88. The molecule has 0 saturated carbocycles. The van der Waals surface area contributed by atoms with E-state index in [1.165, 1.54) is 12.1 Å². The van der Waals surface area contributed by atoms with Crippen molar-refractivity contribution in [2.75, 3.05) is 19.6 Å². The first-order chi connectivity index (χ1) is 13.1. The molecule has 142 valence electrons. The number of hydrogen-bond donors (Lipinski definition) is 1. The van der Waals surface area contributed by atoms with Gasteiger partial charge in [0.1, 0.15) is 5.82 Å². The number of rotatable bonds is 6. The molecule has 0 aromatic heterocycles. The smallest absolute Gasteiger partial charge is 0.253 e. The van der Waals surface area contributed by atoms with Crippen LogP contribution in [0.5, 0.6) is 0 Å². The van der Waals surface area contributed by atoms with E-state index in [4.69, 9.17) is 0 Å². The molecule has 0 bridgehead atoms. The van der Waals surface area contributed by atoms with Gasteiger partial charge in [0.05, 0.1) is 5.92 Å². The molecule has 0 radical (unpaired) electrons. The topological polar surface area (TPSA) is 49.4 Å². The molecule has 1 saturated heterocycles. The van der Waals surface area contributed by atoms with Crippen molar-refractivity contribution in [2.24, 2.45) is 5.92 Å². The first-order valence-corrected chi connectivity index (χ1v) is 9.47. The molecule has 2 atom stereocenters. The van der Waals surface area contributed by atoms with Gasteiger partial charge in [-0.05, 0) is 36.2 Å². The summed E-state index contributed by atoms with van der Waals surface area (Å²) in [6.45, 7) is 3.52. The molecule has 27 heavy (non-hydrogen) atoms. The summed E-state index contributed by atoms with van der Waals surface area (Å²) >= 11 is 0. The summed E-state index contributed by atoms with van der Waals surface area (Å²) in [6, 6.07) is 15.3. The molecule has 3 rings (SSSR count). The number of carbonyl (C=O) groups is 2. The maximum absolute atomic E-state index is 13.3. The highest BCUT2D eigenvalue weighted by Gasteiger charge is 2.40. The summed E-state index contributed by atoms with van der Waals surface area (Å²) < 4.78 is 13.3. The van der Waals surface area contributed by atoms with Crippen LogP contribution in [-0.4, -0.2) is 36.3 Å². The second-order valence-electron chi connectivity index (χ2n) is 6.99. The van der Waals surface area contributed by atoms with Crippen molar-refractivity contribution in [3.05, 3.63) is 71.5 Å². The van der Waals surface area contributed by atoms with Crippen molar-refractivity contribution in [2.45, 2.75) is 25.7 Å². The molecular formula is C22H25FN2O2. The van der Waals surface area contributed by atoms with Crippen LogP contribution in [0.4, 0.5) is 4.39 Å². The number of benzene rings is 2. The summed E-state index contributed by atoms with van der Waals surface area (Å²) in [5.74, 6) is -0.898. The highest BCUT2D eigenvalue weighted by Crippen LogP contribution is 2.34. The standard InChI is InChI=1S/C22H25FN2O2/c1-2-3-13-24-21(26)20-15-25(22(27)17-7-5-4-6-8-17)14-19(20)16-9-11-18(23)12-10-16/h4-12,19-20H,2-3,13-15H2,1H3,(H,24,26)/t19-,20+/m1/s1. The first kappa shape index (κ1) is 19.1. The zero-order chi connectivity index (χ0) is 19.2. The van der Waals surface area contributed by atoms with E-state index in [9.17, 15) is 14.0 Å². The number of nitrogens with zero attached hydrogens (tertiary/aromatic N) is 1. The molecule has 1 aliphatic heterocycles. The Kier molecular flexibility index (Phi) is 6.22. The third-order valence-corrected chi connectivity index (χ3v) is 5.09. The highest BCUT2D eigenvalue weighted by atomic mass is 19.1. The average Bonchev–Trinajstić information content (AvgIpc) is 3.14. The second-order valence-corrected chi connectivity index (χ2v) is 6.99. The fraction of sp³-hybridized carbons (Fsp3) is 0.364. The van der Waals surface area contributed by atoms with Crippen LogP contribution in [0.3, 0.4) is 0 Å². The van der Waals surface area contributed by atoms with Gasteiger partial charge >= 0.3 is 0 Å². The third-order valence-electron chi connectivity index (χ3n) is 5.09. The zero-order valence-electron chi connectivity index (χ0n) is 15.5. The van der Waals surface area contributed by atoms with Gasteiger partial charge in [-0.25, -0.2) is 4.39 Å². The molecule has 2 aromatic carbocycles. The van der Waals surface area contributed by atoms with E-state index in [1.807, 2.05) is 18.2 Å². The summed E-state index contributed by atoms with van der Waals surface area (Å²) in [6.07, 6.45) is 1.93. The minimum atomic E-state index is -0.333. The highest BCUT2D eigenvalue weighted by molar-refractivity contribution is 5.95. The maximum Gasteiger partial charge on any atom is 0.253 e. The van der Waals surface area contributed by atoms with Gasteiger partial charge in [-0.15, -0.1) is 0 Å². The minimum absolute atomic E-state index is 0.0406. The van der Waals surface area contributed by atoms with Crippen LogP contribution >= 0.6 is 0 Å². The lowest BCUT2D eigenvalue weighted by Gasteiger charge is -2.18. The Morgan fingerprint density at radius 1 is 1.07 bits per heavy atom. The van der Waals surface area contributed by atoms with Crippen molar-refractivity contribution < 1.29 is 14.0 Å². The Morgan fingerprint density at radius 3 is 2.44 bits per heavy atom. The Balaban J connectivity index is 1.80. The number of likely N-dealkylation sites (tertiary alicyclic amines) is 1. The van der Waals surface area contributed by atoms with Gasteiger partial charge < -0.3 is 10.2 Å². The Bertz CT molecular complexity index is 777. The number of halogens is 1. The number of hydrogen-bond acceptors (Lipinski definition) is 2. The molecule has 1 heterocycles. The van der Waals surface area contributed by atoms with E-state index in [0.717, 1.165) is 18.4 Å². The SMILES string of the molecule is CCCCNC(=O)[C@H]1CN(C(=O)c2ccccc2)C[C@@H]1c1ccc(F)cc1. The molecule has 1 aliphatic rings. The summed E-state index contributed by atoms with van der Waals surface area (Å²) in [4.78, 5) is 27.3.